The van der Waals surface area contributed by atoms with Gasteiger partial charge < -0.3 is 29.0 Å². The lowest BCUT2D eigenvalue weighted by atomic mass is 10.2. The largest absolute Gasteiger partial charge is 0.494 e. The number of methoxy groups -OCH3 is 2. The summed E-state index contributed by atoms with van der Waals surface area (Å²) in [4.78, 5) is 15.3. The summed E-state index contributed by atoms with van der Waals surface area (Å²) in [7, 11) is 5.30. The van der Waals surface area contributed by atoms with Gasteiger partial charge in [-0.25, -0.2) is 9.97 Å². The van der Waals surface area contributed by atoms with Crippen molar-refractivity contribution in [2.75, 3.05) is 44.7 Å². The molecule has 29 heavy (non-hydrogen) atoms. The number of aromatic nitrogens is 4. The van der Waals surface area contributed by atoms with Crippen molar-refractivity contribution in [1.29, 1.82) is 0 Å². The number of anilines is 3. The van der Waals surface area contributed by atoms with Gasteiger partial charge in [0.2, 0.25) is 5.95 Å². The molecule has 1 N–H and O–H groups in total. The summed E-state index contributed by atoms with van der Waals surface area (Å²) < 4.78 is 18.5. The van der Waals surface area contributed by atoms with Gasteiger partial charge in [0, 0.05) is 32.1 Å². The van der Waals surface area contributed by atoms with Gasteiger partial charge in [0.1, 0.15) is 12.4 Å². The second-order valence-corrected chi connectivity index (χ2v) is 6.85. The van der Waals surface area contributed by atoms with E-state index in [-0.39, 0.29) is 6.04 Å². The van der Waals surface area contributed by atoms with Gasteiger partial charge in [-0.3, -0.25) is 0 Å². The zero-order chi connectivity index (χ0) is 20.4. The van der Waals surface area contributed by atoms with Crippen LogP contribution in [0.15, 0.2) is 36.9 Å². The molecule has 3 aromatic rings. The van der Waals surface area contributed by atoms with Crippen LogP contribution in [0.4, 0.5) is 17.5 Å². The molecule has 0 amide bonds. The van der Waals surface area contributed by atoms with Gasteiger partial charge in [-0.2, -0.15) is 4.98 Å². The van der Waals surface area contributed by atoms with E-state index in [9.17, 15) is 0 Å². The molecular formula is C20H24N6O3. The maximum Gasteiger partial charge on any atom is 0.229 e. The third-order valence-electron chi connectivity index (χ3n) is 4.83. The maximum absolute atomic E-state index is 5.76. The van der Waals surface area contributed by atoms with Gasteiger partial charge in [-0.1, -0.05) is 0 Å². The number of rotatable bonds is 6. The first-order valence-electron chi connectivity index (χ1n) is 9.26. The summed E-state index contributed by atoms with van der Waals surface area (Å²) >= 11 is 0. The van der Waals surface area contributed by atoms with E-state index in [0.29, 0.717) is 30.7 Å². The van der Waals surface area contributed by atoms with Crippen LogP contribution in [0, 0.1) is 6.92 Å². The second kappa shape index (κ2) is 7.96. The molecule has 4 rings (SSSR count). The molecule has 3 heterocycles. The Morgan fingerprint density at radius 1 is 1.28 bits per heavy atom. The van der Waals surface area contributed by atoms with Gasteiger partial charge in [-0.15, -0.1) is 0 Å². The topological polar surface area (TPSA) is 86.6 Å². The Balaban J connectivity index is 1.58. The van der Waals surface area contributed by atoms with Crippen LogP contribution in [0.1, 0.15) is 5.69 Å². The number of ether oxygens (including phenoxy) is 3. The summed E-state index contributed by atoms with van der Waals surface area (Å²) in [6.07, 6.45) is 5.40. The van der Waals surface area contributed by atoms with Crippen LogP contribution >= 0.6 is 0 Å². The lowest BCUT2D eigenvalue weighted by Crippen LogP contribution is -2.44. The van der Waals surface area contributed by atoms with Crippen LogP contribution < -0.4 is 19.7 Å². The number of benzene rings is 1. The van der Waals surface area contributed by atoms with Crippen LogP contribution in [-0.2, 0) is 4.74 Å². The summed E-state index contributed by atoms with van der Waals surface area (Å²) in [6.45, 7) is 3.05. The van der Waals surface area contributed by atoms with Crippen molar-refractivity contribution < 1.29 is 14.2 Å². The predicted octanol–water partition coefficient (Wildman–Crippen LogP) is 2.57. The average Bonchev–Trinajstić information content (AvgIpc) is 3.16. The second-order valence-electron chi connectivity index (χ2n) is 6.85. The third kappa shape index (κ3) is 3.81. The zero-order valence-electron chi connectivity index (χ0n) is 16.9. The third-order valence-corrected chi connectivity index (χ3v) is 4.83. The summed E-state index contributed by atoms with van der Waals surface area (Å²) in [6, 6.07) is 5.92. The van der Waals surface area contributed by atoms with Crippen molar-refractivity contribution in [3.63, 3.8) is 0 Å². The normalized spacial score (nSPS) is 15.6. The van der Waals surface area contributed by atoms with Crippen LogP contribution in [0.3, 0.4) is 0 Å². The highest BCUT2D eigenvalue weighted by atomic mass is 16.5. The molecule has 1 aliphatic rings. The fourth-order valence-electron chi connectivity index (χ4n) is 3.25. The molecule has 152 valence electrons. The fraction of sp³-hybridized carbons (Fsp3) is 0.350. The summed E-state index contributed by atoms with van der Waals surface area (Å²) in [5.41, 5.74) is 2.66. The first-order valence-corrected chi connectivity index (χ1v) is 9.26. The Hall–Kier alpha value is -3.33. The highest BCUT2D eigenvalue weighted by molar-refractivity contribution is 5.64. The number of hydrogen-bond donors (Lipinski definition) is 1. The molecule has 1 aromatic carbocycles. The summed E-state index contributed by atoms with van der Waals surface area (Å²) in [5, 5.41) is 3.24. The first-order chi connectivity index (χ1) is 14.1. The SMILES string of the molecule is COC[C@H]1COc2cnc(Nc3ccc(-n4cnc(C)c4)c(OC)c3)nc2N1C. The Labute approximate surface area is 169 Å². The van der Waals surface area contributed by atoms with Gasteiger partial charge in [0.05, 0.1) is 43.7 Å². The molecule has 1 atom stereocenters. The van der Waals surface area contributed by atoms with Gasteiger partial charge >= 0.3 is 0 Å². The van der Waals surface area contributed by atoms with Crippen molar-refractivity contribution in [2.45, 2.75) is 13.0 Å². The maximum atomic E-state index is 5.76. The molecular weight excluding hydrogens is 372 g/mol. The molecule has 9 nitrogen and oxygen atoms in total. The molecule has 0 fully saturated rings. The van der Waals surface area contributed by atoms with Crippen LogP contribution in [0.2, 0.25) is 0 Å². The van der Waals surface area contributed by atoms with E-state index in [4.69, 9.17) is 14.2 Å². The number of nitrogens with one attached hydrogen (secondary N) is 1. The highest BCUT2D eigenvalue weighted by Gasteiger charge is 2.26. The molecule has 0 radical (unpaired) electrons. The van der Waals surface area contributed by atoms with E-state index in [1.54, 1.807) is 26.7 Å². The smallest absolute Gasteiger partial charge is 0.229 e. The molecule has 0 aliphatic carbocycles. The number of hydrogen-bond acceptors (Lipinski definition) is 8. The predicted molar refractivity (Wildman–Crippen MR) is 110 cm³/mol. The minimum atomic E-state index is 0.105. The number of likely N-dealkylation sites (N-methyl/N-ethyl adjacent to an activating group) is 1. The fourth-order valence-corrected chi connectivity index (χ4v) is 3.25. The molecule has 0 unspecified atom stereocenters. The zero-order valence-corrected chi connectivity index (χ0v) is 16.9. The minimum absolute atomic E-state index is 0.105. The van der Waals surface area contributed by atoms with Crippen molar-refractivity contribution >= 4 is 17.5 Å². The quantitative estimate of drug-likeness (QED) is 0.680. The van der Waals surface area contributed by atoms with Crippen molar-refractivity contribution in [2.24, 2.45) is 0 Å². The van der Waals surface area contributed by atoms with Crippen molar-refractivity contribution in [1.82, 2.24) is 19.5 Å². The van der Waals surface area contributed by atoms with E-state index in [0.717, 1.165) is 22.9 Å². The van der Waals surface area contributed by atoms with Crippen LogP contribution in [-0.4, -0.2) is 60.0 Å². The van der Waals surface area contributed by atoms with E-state index in [1.807, 2.05) is 42.9 Å². The first kappa shape index (κ1) is 19.0. The van der Waals surface area contributed by atoms with Gasteiger partial charge in [0.25, 0.3) is 0 Å². The van der Waals surface area contributed by atoms with E-state index in [1.165, 1.54) is 0 Å². The van der Waals surface area contributed by atoms with Crippen LogP contribution in [0.5, 0.6) is 11.5 Å². The molecule has 9 heteroatoms. The number of aryl methyl sites for hydroxylation is 1. The summed E-state index contributed by atoms with van der Waals surface area (Å²) in [5.74, 6) is 2.58. The molecule has 2 aromatic heterocycles. The van der Waals surface area contributed by atoms with Crippen molar-refractivity contribution in [3.8, 4) is 17.2 Å². The number of imidazole rings is 1. The van der Waals surface area contributed by atoms with E-state index < -0.39 is 0 Å². The number of fused-ring (bicyclic) bond motifs is 1. The Kier molecular flexibility index (Phi) is 5.22. The van der Waals surface area contributed by atoms with Gasteiger partial charge in [0.15, 0.2) is 11.6 Å². The molecule has 0 spiro atoms. The Morgan fingerprint density at radius 2 is 2.14 bits per heavy atom. The lowest BCUT2D eigenvalue weighted by molar-refractivity contribution is 0.142. The molecule has 1 aliphatic heterocycles. The van der Waals surface area contributed by atoms with E-state index in [2.05, 4.69) is 25.2 Å². The Morgan fingerprint density at radius 3 is 2.86 bits per heavy atom. The van der Waals surface area contributed by atoms with Crippen LogP contribution in [0.25, 0.3) is 5.69 Å². The van der Waals surface area contributed by atoms with Gasteiger partial charge in [-0.05, 0) is 19.1 Å². The molecule has 0 bridgehead atoms. The van der Waals surface area contributed by atoms with Crippen molar-refractivity contribution in [3.05, 3.63) is 42.6 Å². The highest BCUT2D eigenvalue weighted by Crippen LogP contribution is 2.32. The Bertz CT molecular complexity index is 1010. The average molecular weight is 396 g/mol. The number of nitrogens with zero attached hydrogens (tertiary/aromatic N) is 5. The van der Waals surface area contributed by atoms with E-state index >= 15 is 0 Å². The minimum Gasteiger partial charge on any atom is -0.494 e. The molecule has 0 saturated carbocycles. The monoisotopic (exact) mass is 396 g/mol. The standard InChI is InChI=1S/C20H24N6O3/c1-13-9-26(12-22-13)16-6-5-14(7-17(16)28-4)23-20-21-8-18-19(24-20)25(2)15(10-27-3)11-29-18/h5-9,12,15H,10-11H2,1-4H3,(H,21,23,24)/t15-/m0/s1. The lowest BCUT2D eigenvalue weighted by Gasteiger charge is -2.34. The molecule has 0 saturated heterocycles.